The predicted octanol–water partition coefficient (Wildman–Crippen LogP) is 7.12. The second-order valence-electron chi connectivity index (χ2n) is 14.8. The van der Waals surface area contributed by atoms with Gasteiger partial charge in [0, 0.05) is 87.1 Å². The fourth-order valence-electron chi connectivity index (χ4n) is 8.18. The molecule has 2 amide bonds. The molecule has 1 fully saturated rings. The average Bonchev–Trinajstić information content (AvgIpc) is 3.92. The minimum absolute atomic E-state index is 0.105. The summed E-state index contributed by atoms with van der Waals surface area (Å²) in [4.78, 5) is 49.1. The van der Waals surface area contributed by atoms with Crippen LogP contribution in [0.4, 0.5) is 5.69 Å². The maximum absolute atomic E-state index is 13.4. The third-order valence-corrected chi connectivity index (χ3v) is 11.2. The molecule has 2 aliphatic heterocycles. The lowest BCUT2D eigenvalue weighted by molar-refractivity contribution is 0.0589. The summed E-state index contributed by atoms with van der Waals surface area (Å²) in [5.74, 6) is 0.649. The predicted molar refractivity (Wildman–Crippen MR) is 216 cm³/mol. The van der Waals surface area contributed by atoms with Crippen molar-refractivity contribution in [3.05, 3.63) is 114 Å². The van der Waals surface area contributed by atoms with Crippen LogP contribution in [0.3, 0.4) is 0 Å². The van der Waals surface area contributed by atoms with Crippen LogP contribution in [0.15, 0.2) is 91.4 Å². The quantitative estimate of drug-likeness (QED) is 0.0816. The number of fused-ring (bicyclic) bond motifs is 2. The molecule has 3 aromatic carbocycles. The Morgan fingerprint density at radius 3 is 2.38 bits per heavy atom. The van der Waals surface area contributed by atoms with E-state index in [1.165, 1.54) is 4.90 Å². The number of Topliss-reactive ketones (excluding diaryl/α,β-unsaturated/α-hetero) is 1. The van der Waals surface area contributed by atoms with Gasteiger partial charge < -0.3 is 14.4 Å². The first-order valence-corrected chi connectivity index (χ1v) is 19.9. The number of nitrogens with zero attached hydrogens (tertiary/aromatic N) is 6. The molecule has 11 heteroatoms. The van der Waals surface area contributed by atoms with Gasteiger partial charge in [0.1, 0.15) is 18.1 Å². The van der Waals surface area contributed by atoms with Crippen LogP contribution in [-0.4, -0.2) is 101 Å². The first-order chi connectivity index (χ1) is 27.4. The third-order valence-electron chi connectivity index (χ3n) is 11.2. The molecule has 0 N–H and O–H groups in total. The highest BCUT2D eigenvalue weighted by Gasteiger charge is 2.41. The minimum atomic E-state index is -0.168. The molecular weight excluding hydrogens is 705 g/mol. The van der Waals surface area contributed by atoms with Crippen molar-refractivity contribution in [2.45, 2.75) is 52.0 Å². The van der Waals surface area contributed by atoms with Crippen molar-refractivity contribution in [2.75, 3.05) is 57.4 Å². The molecule has 288 valence electrons. The number of hydrogen-bond donors (Lipinski definition) is 0. The molecule has 4 heterocycles. The first-order valence-electron chi connectivity index (χ1n) is 19.9. The lowest BCUT2D eigenvalue weighted by atomic mass is 9.98. The Morgan fingerprint density at radius 1 is 0.786 bits per heavy atom. The van der Waals surface area contributed by atoms with Crippen molar-refractivity contribution in [3.63, 3.8) is 0 Å². The van der Waals surface area contributed by atoms with E-state index >= 15 is 0 Å². The van der Waals surface area contributed by atoms with Gasteiger partial charge in [-0.1, -0.05) is 37.6 Å². The van der Waals surface area contributed by atoms with Gasteiger partial charge in [0.2, 0.25) is 0 Å². The zero-order valence-corrected chi connectivity index (χ0v) is 32.2. The standard InChI is InChI=1S/C45H48N6O5/c1-3-6-31(2)51-44(53)38-7-4-8-40(42(38)45(51)54)49-24-22-48(23-25-49)21-5-26-55-27-28-56-36-13-11-35(12-14-36)50-30-39(43(47-50)32-17-19-46-20-18-32)34-9-15-37-33(29-34)10-16-41(37)52/h4,7-9,11-15,17-20,29-31H,3,5-6,10,16,21-28H2,1-2H3. The molecule has 0 radical (unpaired) electrons. The lowest BCUT2D eigenvalue weighted by Crippen LogP contribution is -2.47. The number of imide groups is 1. The SMILES string of the molecule is CCCC(C)N1C(=O)c2cccc(N3CCN(CCCOCCOc4ccc(-n5cc(-c6ccc7c(c6)CCC7=O)c(-c6ccncc6)n5)cc4)CC3)c2C1=O. The zero-order valence-electron chi connectivity index (χ0n) is 32.2. The normalized spacial score (nSPS) is 16.1. The summed E-state index contributed by atoms with van der Waals surface area (Å²) >= 11 is 0. The number of hydrogen-bond acceptors (Lipinski definition) is 9. The lowest BCUT2D eigenvalue weighted by Gasteiger charge is -2.36. The second-order valence-corrected chi connectivity index (χ2v) is 14.8. The van der Waals surface area contributed by atoms with Crippen LogP contribution in [0.2, 0.25) is 0 Å². The van der Waals surface area contributed by atoms with Gasteiger partial charge in [0.05, 0.1) is 29.1 Å². The van der Waals surface area contributed by atoms with Crippen molar-refractivity contribution < 1.29 is 23.9 Å². The summed E-state index contributed by atoms with van der Waals surface area (Å²) in [6.07, 6.45) is 9.58. The third kappa shape index (κ3) is 7.61. The highest BCUT2D eigenvalue weighted by molar-refractivity contribution is 6.24. The second kappa shape index (κ2) is 16.6. The molecular formula is C45H48N6O5. The number of amides is 2. The largest absolute Gasteiger partial charge is 0.491 e. The van der Waals surface area contributed by atoms with E-state index in [9.17, 15) is 14.4 Å². The Bertz CT molecular complexity index is 2210. The first kappa shape index (κ1) is 37.3. The van der Waals surface area contributed by atoms with Crippen molar-refractivity contribution in [2.24, 2.45) is 0 Å². The molecule has 1 unspecified atom stereocenters. The fourth-order valence-corrected chi connectivity index (χ4v) is 8.18. The number of carbonyl (C=O) groups excluding carboxylic acids is 3. The number of benzene rings is 3. The number of rotatable bonds is 15. The maximum atomic E-state index is 13.4. The molecule has 56 heavy (non-hydrogen) atoms. The maximum Gasteiger partial charge on any atom is 0.263 e. The van der Waals surface area contributed by atoms with Crippen LogP contribution >= 0.6 is 0 Å². The van der Waals surface area contributed by atoms with Crippen molar-refractivity contribution >= 4 is 23.3 Å². The van der Waals surface area contributed by atoms with Crippen LogP contribution in [0.25, 0.3) is 28.1 Å². The van der Waals surface area contributed by atoms with E-state index < -0.39 is 0 Å². The summed E-state index contributed by atoms with van der Waals surface area (Å²) in [6, 6.07) is 23.5. The summed E-state index contributed by atoms with van der Waals surface area (Å²) in [7, 11) is 0. The van der Waals surface area contributed by atoms with E-state index in [1.807, 2.05) is 78.5 Å². The van der Waals surface area contributed by atoms with Gasteiger partial charge in [-0.2, -0.15) is 5.10 Å². The Balaban J connectivity index is 0.787. The number of carbonyl (C=O) groups is 3. The fraction of sp³-hybridized carbons (Fsp3) is 0.356. The summed E-state index contributed by atoms with van der Waals surface area (Å²) < 4.78 is 13.8. The van der Waals surface area contributed by atoms with Crippen LogP contribution in [0, 0.1) is 0 Å². The van der Waals surface area contributed by atoms with Gasteiger partial charge in [-0.15, -0.1) is 0 Å². The molecule has 0 bridgehead atoms. The molecule has 1 saturated heterocycles. The van der Waals surface area contributed by atoms with Gasteiger partial charge in [-0.3, -0.25) is 29.2 Å². The summed E-state index contributed by atoms with van der Waals surface area (Å²) in [5.41, 5.74) is 8.66. The molecule has 8 rings (SSSR count). The van der Waals surface area contributed by atoms with E-state index in [4.69, 9.17) is 14.6 Å². The molecule has 2 aromatic heterocycles. The average molecular weight is 753 g/mol. The van der Waals surface area contributed by atoms with Crippen LogP contribution in [0.5, 0.6) is 5.75 Å². The molecule has 0 spiro atoms. The van der Waals surface area contributed by atoms with Crippen molar-refractivity contribution in [3.8, 4) is 33.8 Å². The molecule has 0 saturated carbocycles. The topological polar surface area (TPSA) is 110 Å². The summed E-state index contributed by atoms with van der Waals surface area (Å²) in [5, 5.41) is 4.98. The van der Waals surface area contributed by atoms with E-state index in [2.05, 4.69) is 27.8 Å². The minimum Gasteiger partial charge on any atom is -0.491 e. The van der Waals surface area contributed by atoms with Gasteiger partial charge in [-0.05, 0) is 85.8 Å². The number of ketones is 1. The molecule has 1 aliphatic carbocycles. The highest BCUT2D eigenvalue weighted by Crippen LogP contribution is 2.36. The number of anilines is 1. The van der Waals surface area contributed by atoms with Gasteiger partial charge >= 0.3 is 0 Å². The van der Waals surface area contributed by atoms with Gasteiger partial charge in [-0.25, -0.2) is 4.68 Å². The summed E-state index contributed by atoms with van der Waals surface area (Å²) in [6.45, 7) is 9.97. The highest BCUT2D eigenvalue weighted by atomic mass is 16.5. The van der Waals surface area contributed by atoms with Crippen LogP contribution in [0.1, 0.15) is 76.2 Å². The molecule has 3 aliphatic rings. The van der Waals surface area contributed by atoms with E-state index in [-0.39, 0.29) is 23.6 Å². The van der Waals surface area contributed by atoms with Crippen molar-refractivity contribution in [1.82, 2.24) is 24.6 Å². The molecule has 11 nitrogen and oxygen atoms in total. The van der Waals surface area contributed by atoms with E-state index in [0.717, 1.165) is 109 Å². The number of aryl methyl sites for hydroxylation is 1. The Morgan fingerprint density at radius 2 is 1.59 bits per heavy atom. The number of ether oxygens (including phenoxy) is 2. The smallest absolute Gasteiger partial charge is 0.263 e. The Kier molecular flexibility index (Phi) is 11.1. The molecule has 1 atom stereocenters. The number of aromatic nitrogens is 3. The number of pyridine rings is 1. The zero-order chi connectivity index (χ0) is 38.6. The van der Waals surface area contributed by atoms with E-state index in [1.54, 1.807) is 18.5 Å². The van der Waals surface area contributed by atoms with Crippen molar-refractivity contribution in [1.29, 1.82) is 0 Å². The number of piperazine rings is 1. The van der Waals surface area contributed by atoms with Crippen LogP contribution < -0.4 is 9.64 Å². The monoisotopic (exact) mass is 752 g/mol. The Labute approximate surface area is 327 Å². The molecule has 5 aromatic rings. The Hall–Kier alpha value is -5.65. The van der Waals surface area contributed by atoms with Crippen LogP contribution in [-0.2, 0) is 11.2 Å². The van der Waals surface area contributed by atoms with Gasteiger partial charge in [0.15, 0.2) is 5.78 Å². The van der Waals surface area contributed by atoms with E-state index in [0.29, 0.717) is 37.4 Å². The van der Waals surface area contributed by atoms with Gasteiger partial charge in [0.25, 0.3) is 11.8 Å².